The first-order chi connectivity index (χ1) is 13.6. The SMILES string of the molecule is CN=C(NCCCc1ccc(O)cc1)N1CCOC(c2ccc(C)cc2C)C1.I. The topological polar surface area (TPSA) is 57.1 Å². The Bertz CT molecular complexity index is 808. The second-order valence-corrected chi connectivity index (χ2v) is 7.41. The highest BCUT2D eigenvalue weighted by Gasteiger charge is 2.25. The van der Waals surface area contributed by atoms with Crippen molar-refractivity contribution in [2.75, 3.05) is 33.3 Å². The minimum Gasteiger partial charge on any atom is -0.508 e. The molecular formula is C23H32IN3O2. The summed E-state index contributed by atoms with van der Waals surface area (Å²) in [6.45, 7) is 7.49. The molecule has 158 valence electrons. The zero-order valence-corrected chi connectivity index (χ0v) is 19.8. The fourth-order valence-electron chi connectivity index (χ4n) is 3.70. The molecular weight excluding hydrogens is 477 g/mol. The number of rotatable bonds is 5. The number of nitrogens with zero attached hydrogens (tertiary/aromatic N) is 2. The lowest BCUT2D eigenvalue weighted by Gasteiger charge is -2.36. The maximum atomic E-state index is 9.37. The summed E-state index contributed by atoms with van der Waals surface area (Å²) in [6.07, 6.45) is 2.05. The molecule has 1 unspecified atom stereocenters. The Morgan fingerprint density at radius 2 is 1.97 bits per heavy atom. The number of morpholine rings is 1. The van der Waals surface area contributed by atoms with Crippen LogP contribution >= 0.6 is 24.0 Å². The van der Waals surface area contributed by atoms with Crippen molar-refractivity contribution in [3.63, 3.8) is 0 Å². The number of nitrogens with one attached hydrogen (secondary N) is 1. The van der Waals surface area contributed by atoms with Crippen molar-refractivity contribution in [2.24, 2.45) is 4.99 Å². The number of phenols is 1. The third-order valence-electron chi connectivity index (χ3n) is 5.21. The summed E-state index contributed by atoms with van der Waals surface area (Å²) in [5.41, 5.74) is 5.05. The van der Waals surface area contributed by atoms with Crippen LogP contribution in [0.4, 0.5) is 0 Å². The number of halogens is 1. The fourth-order valence-corrected chi connectivity index (χ4v) is 3.70. The van der Waals surface area contributed by atoms with Crippen molar-refractivity contribution in [1.82, 2.24) is 10.2 Å². The summed E-state index contributed by atoms with van der Waals surface area (Å²) < 4.78 is 6.06. The van der Waals surface area contributed by atoms with Crippen LogP contribution in [0.3, 0.4) is 0 Å². The molecule has 1 fully saturated rings. The first kappa shape index (κ1) is 23.5. The molecule has 1 saturated heterocycles. The Labute approximate surface area is 191 Å². The summed E-state index contributed by atoms with van der Waals surface area (Å²) in [7, 11) is 1.84. The quantitative estimate of drug-likeness (QED) is 0.275. The molecule has 2 aromatic rings. The number of aliphatic imine (C=N–C) groups is 1. The number of phenolic OH excluding ortho intramolecular Hbond substituents is 1. The average molecular weight is 509 g/mol. The van der Waals surface area contributed by atoms with Gasteiger partial charge in [0.05, 0.1) is 13.2 Å². The van der Waals surface area contributed by atoms with E-state index in [0.717, 1.165) is 38.4 Å². The number of guanidine groups is 1. The molecule has 1 aliphatic rings. The molecule has 3 rings (SSSR count). The number of aryl methyl sites for hydroxylation is 3. The van der Waals surface area contributed by atoms with E-state index < -0.39 is 0 Å². The van der Waals surface area contributed by atoms with E-state index >= 15 is 0 Å². The van der Waals surface area contributed by atoms with Crippen molar-refractivity contribution in [3.8, 4) is 5.75 Å². The third kappa shape index (κ3) is 6.60. The van der Waals surface area contributed by atoms with Gasteiger partial charge in [0, 0.05) is 20.1 Å². The minimum absolute atomic E-state index is 0. The second-order valence-electron chi connectivity index (χ2n) is 7.41. The summed E-state index contributed by atoms with van der Waals surface area (Å²) in [4.78, 5) is 6.76. The number of aromatic hydroxyl groups is 1. The fraction of sp³-hybridized carbons (Fsp3) is 0.435. The smallest absolute Gasteiger partial charge is 0.193 e. The molecule has 5 nitrogen and oxygen atoms in total. The highest BCUT2D eigenvalue weighted by atomic mass is 127. The maximum absolute atomic E-state index is 9.37. The molecule has 0 bridgehead atoms. The summed E-state index contributed by atoms with van der Waals surface area (Å²) in [6, 6.07) is 14.0. The van der Waals surface area contributed by atoms with E-state index in [0.29, 0.717) is 12.4 Å². The van der Waals surface area contributed by atoms with Crippen LogP contribution in [0.15, 0.2) is 47.5 Å². The predicted octanol–water partition coefficient (Wildman–Crippen LogP) is 4.21. The van der Waals surface area contributed by atoms with Crippen LogP contribution < -0.4 is 5.32 Å². The second kappa shape index (κ2) is 11.4. The Kier molecular flexibility index (Phi) is 9.23. The highest BCUT2D eigenvalue weighted by molar-refractivity contribution is 14.0. The van der Waals surface area contributed by atoms with Crippen LogP contribution in [0.2, 0.25) is 0 Å². The number of hydrogen-bond acceptors (Lipinski definition) is 3. The molecule has 0 saturated carbocycles. The van der Waals surface area contributed by atoms with E-state index in [-0.39, 0.29) is 30.1 Å². The standard InChI is InChI=1S/C23H31N3O2.HI/c1-17-6-11-21(18(2)15-17)22-16-26(13-14-28-22)23(24-3)25-12-4-5-19-7-9-20(27)10-8-19;/h6-11,15,22,27H,4-5,12-14,16H2,1-3H3,(H,24,25);1H. The van der Waals surface area contributed by atoms with E-state index in [2.05, 4.69) is 47.3 Å². The lowest BCUT2D eigenvalue weighted by Crippen LogP contribution is -2.48. The van der Waals surface area contributed by atoms with Gasteiger partial charge in [-0.2, -0.15) is 0 Å². The third-order valence-corrected chi connectivity index (χ3v) is 5.21. The Morgan fingerprint density at radius 3 is 2.66 bits per heavy atom. The molecule has 6 heteroatoms. The van der Waals surface area contributed by atoms with Crippen LogP contribution in [-0.4, -0.2) is 49.3 Å². The molecule has 1 atom stereocenters. The van der Waals surface area contributed by atoms with Gasteiger partial charge >= 0.3 is 0 Å². The van der Waals surface area contributed by atoms with Gasteiger partial charge in [0.15, 0.2) is 5.96 Å². The van der Waals surface area contributed by atoms with Gasteiger partial charge in [-0.25, -0.2) is 0 Å². The first-order valence-corrected chi connectivity index (χ1v) is 9.99. The van der Waals surface area contributed by atoms with Crippen molar-refractivity contribution < 1.29 is 9.84 Å². The van der Waals surface area contributed by atoms with Gasteiger partial charge in [0.25, 0.3) is 0 Å². The molecule has 0 radical (unpaired) electrons. The first-order valence-electron chi connectivity index (χ1n) is 9.99. The van der Waals surface area contributed by atoms with Crippen molar-refractivity contribution in [1.29, 1.82) is 0 Å². The lowest BCUT2D eigenvalue weighted by atomic mass is 10.00. The summed E-state index contributed by atoms with van der Waals surface area (Å²) >= 11 is 0. The van der Waals surface area contributed by atoms with Crippen molar-refractivity contribution in [3.05, 3.63) is 64.7 Å². The van der Waals surface area contributed by atoms with Crippen molar-refractivity contribution >= 4 is 29.9 Å². The monoisotopic (exact) mass is 509 g/mol. The van der Waals surface area contributed by atoms with Crippen LogP contribution in [0.25, 0.3) is 0 Å². The Hall–Kier alpha value is -1.80. The Morgan fingerprint density at radius 1 is 1.21 bits per heavy atom. The van der Waals surface area contributed by atoms with Crippen LogP contribution in [0, 0.1) is 13.8 Å². The molecule has 0 spiro atoms. The Balaban J connectivity index is 0.00000300. The highest BCUT2D eigenvalue weighted by Crippen LogP contribution is 2.25. The predicted molar refractivity (Wildman–Crippen MR) is 129 cm³/mol. The molecule has 29 heavy (non-hydrogen) atoms. The van der Waals surface area contributed by atoms with Crippen molar-refractivity contribution in [2.45, 2.75) is 32.8 Å². The zero-order valence-electron chi connectivity index (χ0n) is 17.5. The van der Waals surface area contributed by atoms with Crippen LogP contribution in [0.5, 0.6) is 5.75 Å². The van der Waals surface area contributed by atoms with Crippen LogP contribution in [-0.2, 0) is 11.2 Å². The maximum Gasteiger partial charge on any atom is 0.193 e. The van der Waals surface area contributed by atoms with Gasteiger partial charge in [-0.15, -0.1) is 24.0 Å². The van der Waals surface area contributed by atoms with E-state index in [1.54, 1.807) is 12.1 Å². The molecule has 1 heterocycles. The lowest BCUT2D eigenvalue weighted by molar-refractivity contribution is -0.00831. The molecule has 0 aromatic heterocycles. The van der Waals surface area contributed by atoms with Gasteiger partial charge in [-0.3, -0.25) is 4.99 Å². The molecule has 1 aliphatic heterocycles. The normalized spacial score (nSPS) is 17.0. The number of hydrogen-bond donors (Lipinski definition) is 2. The largest absolute Gasteiger partial charge is 0.508 e. The van der Waals surface area contributed by atoms with Gasteiger partial charge in [-0.1, -0.05) is 35.9 Å². The van der Waals surface area contributed by atoms with Gasteiger partial charge < -0.3 is 20.1 Å². The van der Waals surface area contributed by atoms with E-state index in [9.17, 15) is 5.11 Å². The zero-order chi connectivity index (χ0) is 19.9. The number of benzene rings is 2. The van der Waals surface area contributed by atoms with Gasteiger partial charge in [-0.05, 0) is 55.5 Å². The molecule has 0 aliphatic carbocycles. The summed E-state index contributed by atoms with van der Waals surface area (Å²) in [5, 5.41) is 12.9. The molecule has 2 aromatic carbocycles. The van der Waals surface area contributed by atoms with Gasteiger partial charge in [0.2, 0.25) is 0 Å². The van der Waals surface area contributed by atoms with E-state index in [1.807, 2.05) is 19.2 Å². The van der Waals surface area contributed by atoms with Gasteiger partial charge in [0.1, 0.15) is 11.9 Å². The minimum atomic E-state index is 0. The number of ether oxygens (including phenoxy) is 1. The average Bonchev–Trinajstić information content (AvgIpc) is 2.69. The summed E-state index contributed by atoms with van der Waals surface area (Å²) in [5.74, 6) is 1.25. The molecule has 2 N–H and O–H groups in total. The van der Waals surface area contributed by atoms with E-state index in [1.165, 1.54) is 22.3 Å². The molecule has 0 amide bonds. The van der Waals surface area contributed by atoms with E-state index in [4.69, 9.17) is 4.74 Å². The van der Waals surface area contributed by atoms with Crippen LogP contribution in [0.1, 0.15) is 34.8 Å².